The zero-order chi connectivity index (χ0) is 10.6. The van der Waals surface area contributed by atoms with Gasteiger partial charge in [-0.25, -0.2) is 0 Å². The van der Waals surface area contributed by atoms with Crippen LogP contribution in [-0.2, 0) is 0 Å². The van der Waals surface area contributed by atoms with Gasteiger partial charge >= 0.3 is 0 Å². The van der Waals surface area contributed by atoms with Crippen molar-refractivity contribution in [3.8, 4) is 11.8 Å². The van der Waals surface area contributed by atoms with E-state index in [9.17, 15) is 10.1 Å². The first kappa shape index (κ1) is 10.5. The topological polar surface area (TPSA) is 69.2 Å². The Morgan fingerprint density at radius 1 is 1.57 bits per heavy atom. The van der Waals surface area contributed by atoms with Crippen molar-refractivity contribution in [1.29, 1.82) is 0 Å². The summed E-state index contributed by atoms with van der Waals surface area (Å²) in [5, 5.41) is 11.1. The lowest BCUT2D eigenvalue weighted by Crippen LogP contribution is -1.94. The molecule has 0 aliphatic carbocycles. The fraction of sp³-hybridized carbons (Fsp3) is 0.111. The molecule has 1 rings (SSSR count). The van der Waals surface area contributed by atoms with Crippen molar-refractivity contribution >= 4 is 27.3 Å². The number of hydrogen-bond donors (Lipinski definition) is 1. The molecule has 1 aromatic rings. The number of nitrogen functional groups attached to an aromatic ring is 1. The van der Waals surface area contributed by atoms with Crippen LogP contribution >= 0.6 is 15.9 Å². The molecule has 0 fully saturated rings. The van der Waals surface area contributed by atoms with Crippen molar-refractivity contribution in [2.45, 2.75) is 0 Å². The van der Waals surface area contributed by atoms with Gasteiger partial charge < -0.3 is 5.73 Å². The van der Waals surface area contributed by atoms with Gasteiger partial charge in [0.15, 0.2) is 0 Å². The largest absolute Gasteiger partial charge is 0.399 e. The third-order valence-corrected chi connectivity index (χ3v) is 1.79. The Balaban J connectivity index is 3.22. The average Bonchev–Trinajstić information content (AvgIpc) is 2.14. The fourth-order valence-corrected chi connectivity index (χ4v) is 1.08. The molecule has 0 amide bonds. The van der Waals surface area contributed by atoms with E-state index in [4.69, 9.17) is 5.73 Å². The van der Waals surface area contributed by atoms with Crippen LogP contribution in [0.15, 0.2) is 18.2 Å². The van der Waals surface area contributed by atoms with Crippen LogP contribution < -0.4 is 5.73 Å². The lowest BCUT2D eigenvalue weighted by Gasteiger charge is -1.96. The number of rotatable bonds is 1. The molecule has 4 nitrogen and oxygen atoms in total. The van der Waals surface area contributed by atoms with Gasteiger partial charge in [-0.1, -0.05) is 27.8 Å². The maximum Gasteiger partial charge on any atom is 0.285 e. The molecule has 14 heavy (non-hydrogen) atoms. The van der Waals surface area contributed by atoms with Gasteiger partial charge in [-0.3, -0.25) is 10.1 Å². The van der Waals surface area contributed by atoms with E-state index in [2.05, 4.69) is 27.8 Å². The first-order valence-electron chi connectivity index (χ1n) is 3.74. The Kier molecular flexibility index (Phi) is 3.48. The third kappa shape index (κ3) is 2.47. The molecule has 0 aromatic heterocycles. The highest BCUT2D eigenvalue weighted by molar-refractivity contribution is 9.09. The standard InChI is InChI=1S/C9H7BrN2O2/c10-5-1-2-7-6-8(11)3-4-9(7)12(13)14/h3-4,6H,5,11H2. The molecule has 5 heteroatoms. The van der Waals surface area contributed by atoms with Gasteiger partial charge in [0, 0.05) is 11.8 Å². The van der Waals surface area contributed by atoms with Crippen LogP contribution in [0.1, 0.15) is 5.56 Å². The Morgan fingerprint density at radius 2 is 2.29 bits per heavy atom. The first-order valence-corrected chi connectivity index (χ1v) is 4.86. The number of benzene rings is 1. The Bertz CT molecular complexity index is 421. The van der Waals surface area contributed by atoms with Crippen LogP contribution in [0.25, 0.3) is 0 Å². The van der Waals surface area contributed by atoms with Crippen LogP contribution in [0.5, 0.6) is 0 Å². The smallest absolute Gasteiger partial charge is 0.285 e. The number of halogens is 1. The van der Waals surface area contributed by atoms with E-state index in [0.717, 1.165) is 0 Å². The molecule has 0 bridgehead atoms. The Labute approximate surface area is 89.4 Å². The second-order valence-corrected chi connectivity index (χ2v) is 3.03. The maximum absolute atomic E-state index is 10.6. The van der Waals surface area contributed by atoms with Crippen molar-refractivity contribution in [1.82, 2.24) is 0 Å². The van der Waals surface area contributed by atoms with Gasteiger partial charge in [-0.05, 0) is 12.1 Å². The monoisotopic (exact) mass is 254 g/mol. The number of nitro benzene ring substituents is 1. The number of hydrogen-bond acceptors (Lipinski definition) is 3. The van der Waals surface area contributed by atoms with E-state index in [1.165, 1.54) is 18.2 Å². The van der Waals surface area contributed by atoms with Gasteiger partial charge in [0.25, 0.3) is 5.69 Å². The molecule has 0 aliphatic rings. The second kappa shape index (κ2) is 4.63. The van der Waals surface area contributed by atoms with E-state index in [0.29, 0.717) is 16.6 Å². The molecule has 72 valence electrons. The zero-order valence-corrected chi connectivity index (χ0v) is 8.74. The number of nitrogens with two attached hydrogens (primary N) is 1. The molecular formula is C9H7BrN2O2. The van der Waals surface area contributed by atoms with Gasteiger partial charge in [0.2, 0.25) is 0 Å². The summed E-state index contributed by atoms with van der Waals surface area (Å²) >= 11 is 3.11. The molecule has 0 radical (unpaired) electrons. The molecule has 0 atom stereocenters. The average molecular weight is 255 g/mol. The minimum atomic E-state index is -0.475. The van der Waals surface area contributed by atoms with E-state index in [1.807, 2.05) is 0 Å². The van der Waals surface area contributed by atoms with Gasteiger partial charge in [0.05, 0.1) is 10.3 Å². The Morgan fingerprint density at radius 3 is 2.86 bits per heavy atom. The summed E-state index contributed by atoms with van der Waals surface area (Å²) in [4.78, 5) is 10.1. The van der Waals surface area contributed by atoms with Crippen LogP contribution in [0, 0.1) is 22.0 Å². The van der Waals surface area contributed by atoms with Crippen molar-refractivity contribution in [3.63, 3.8) is 0 Å². The zero-order valence-electron chi connectivity index (χ0n) is 7.16. The highest BCUT2D eigenvalue weighted by atomic mass is 79.9. The van der Waals surface area contributed by atoms with Crippen LogP contribution in [-0.4, -0.2) is 10.3 Å². The predicted molar refractivity (Wildman–Crippen MR) is 58.2 cm³/mol. The van der Waals surface area contributed by atoms with E-state index in [1.54, 1.807) is 0 Å². The molecule has 0 heterocycles. The number of alkyl halides is 1. The maximum atomic E-state index is 10.6. The summed E-state index contributed by atoms with van der Waals surface area (Å²) in [5.74, 6) is 5.36. The quantitative estimate of drug-likeness (QED) is 0.274. The summed E-state index contributed by atoms with van der Waals surface area (Å²) in [5.41, 5.74) is 6.29. The minimum Gasteiger partial charge on any atom is -0.399 e. The summed E-state index contributed by atoms with van der Waals surface area (Å²) in [6.45, 7) is 0. The van der Waals surface area contributed by atoms with Gasteiger partial charge in [-0.2, -0.15) is 0 Å². The highest BCUT2D eigenvalue weighted by Gasteiger charge is 2.11. The molecule has 0 saturated heterocycles. The molecule has 0 unspecified atom stereocenters. The van der Waals surface area contributed by atoms with E-state index in [-0.39, 0.29) is 5.69 Å². The SMILES string of the molecule is Nc1ccc([N+](=O)[O-])c(C#CCBr)c1. The molecule has 0 spiro atoms. The molecule has 0 aliphatic heterocycles. The number of nitro groups is 1. The summed E-state index contributed by atoms with van der Waals surface area (Å²) in [7, 11) is 0. The summed E-state index contributed by atoms with van der Waals surface area (Å²) in [6, 6.07) is 4.33. The predicted octanol–water partition coefficient (Wildman–Crippen LogP) is 1.92. The molecule has 0 saturated carbocycles. The van der Waals surface area contributed by atoms with Crippen molar-refractivity contribution < 1.29 is 4.92 Å². The van der Waals surface area contributed by atoms with Crippen LogP contribution in [0.4, 0.5) is 11.4 Å². The van der Waals surface area contributed by atoms with Crippen molar-refractivity contribution in [2.75, 3.05) is 11.1 Å². The van der Waals surface area contributed by atoms with Crippen LogP contribution in [0.2, 0.25) is 0 Å². The molecule has 2 N–H and O–H groups in total. The van der Waals surface area contributed by atoms with Crippen molar-refractivity contribution in [2.24, 2.45) is 0 Å². The van der Waals surface area contributed by atoms with Gasteiger partial charge in [-0.15, -0.1) is 0 Å². The summed E-state index contributed by atoms with van der Waals surface area (Å²) in [6.07, 6.45) is 0. The summed E-state index contributed by atoms with van der Waals surface area (Å²) < 4.78 is 0. The van der Waals surface area contributed by atoms with Gasteiger partial charge in [0.1, 0.15) is 5.56 Å². The fourth-order valence-electron chi connectivity index (χ4n) is 0.942. The third-order valence-electron chi connectivity index (χ3n) is 1.51. The number of nitrogens with zero attached hydrogens (tertiary/aromatic N) is 1. The molecular weight excluding hydrogens is 248 g/mol. The highest BCUT2D eigenvalue weighted by Crippen LogP contribution is 2.19. The minimum absolute atomic E-state index is 0.0207. The normalized spacial score (nSPS) is 8.93. The van der Waals surface area contributed by atoms with E-state index >= 15 is 0 Å². The lowest BCUT2D eigenvalue weighted by atomic mass is 10.1. The van der Waals surface area contributed by atoms with Crippen LogP contribution in [0.3, 0.4) is 0 Å². The number of anilines is 1. The Hall–Kier alpha value is -1.54. The molecule has 1 aromatic carbocycles. The second-order valence-electron chi connectivity index (χ2n) is 2.47. The van der Waals surface area contributed by atoms with Crippen molar-refractivity contribution in [3.05, 3.63) is 33.9 Å². The first-order chi connectivity index (χ1) is 6.65. The van der Waals surface area contributed by atoms with E-state index < -0.39 is 4.92 Å². The lowest BCUT2D eigenvalue weighted by molar-refractivity contribution is -0.385.